The lowest BCUT2D eigenvalue weighted by Gasteiger charge is -2.36. The maximum atomic E-state index is 12.2. The molecule has 9 heteroatoms. The Labute approximate surface area is 166 Å². The fourth-order valence-electron chi connectivity index (χ4n) is 2.90. The normalized spacial score (nSPS) is 15.0. The Kier molecular flexibility index (Phi) is 5.84. The number of nitrogens with zero attached hydrogens (tertiary/aromatic N) is 2. The molecule has 2 aromatic carbocycles. The van der Waals surface area contributed by atoms with E-state index in [1.165, 1.54) is 0 Å². The summed E-state index contributed by atoms with van der Waals surface area (Å²) in [6, 6.07) is 7.74. The Balaban J connectivity index is 1.54. The third kappa shape index (κ3) is 4.32. The van der Waals surface area contributed by atoms with Crippen LogP contribution in [0.3, 0.4) is 0 Å². The van der Waals surface area contributed by atoms with Crippen LogP contribution in [0, 0.1) is 0 Å². The Hall–Kier alpha value is -2.35. The number of phenolic OH excluding ortho intramolecular Hbond substituents is 3. The zero-order valence-electron chi connectivity index (χ0n) is 14.3. The van der Waals surface area contributed by atoms with Crippen LogP contribution >= 0.6 is 23.2 Å². The average molecular weight is 412 g/mol. The summed E-state index contributed by atoms with van der Waals surface area (Å²) in [6.07, 6.45) is 0. The van der Waals surface area contributed by atoms with E-state index in [-0.39, 0.29) is 5.56 Å². The number of aromatic hydroxyl groups is 3. The molecule has 1 amide bonds. The molecule has 1 aliphatic heterocycles. The first-order valence-corrected chi connectivity index (χ1v) is 9.07. The first-order valence-electron chi connectivity index (χ1n) is 8.31. The summed E-state index contributed by atoms with van der Waals surface area (Å²) in [5.74, 6) is -2.21. The molecule has 0 bridgehead atoms. The van der Waals surface area contributed by atoms with Crippen LogP contribution < -0.4 is 10.2 Å². The van der Waals surface area contributed by atoms with Gasteiger partial charge in [0.15, 0.2) is 17.2 Å². The number of hydrogen-bond donors (Lipinski definition) is 4. The van der Waals surface area contributed by atoms with Crippen molar-refractivity contribution in [2.45, 2.75) is 0 Å². The predicted octanol–water partition coefficient (Wildman–Crippen LogP) is 2.62. The van der Waals surface area contributed by atoms with Crippen LogP contribution in [0.2, 0.25) is 10.0 Å². The Morgan fingerprint density at radius 1 is 1.04 bits per heavy atom. The minimum Gasteiger partial charge on any atom is -0.504 e. The molecule has 4 N–H and O–H groups in total. The highest BCUT2D eigenvalue weighted by Gasteiger charge is 2.20. The first-order chi connectivity index (χ1) is 12.9. The van der Waals surface area contributed by atoms with Gasteiger partial charge >= 0.3 is 0 Å². The number of rotatable bonds is 4. The van der Waals surface area contributed by atoms with E-state index in [0.717, 1.165) is 44.0 Å². The largest absolute Gasteiger partial charge is 0.504 e. The van der Waals surface area contributed by atoms with Crippen molar-refractivity contribution in [2.75, 3.05) is 37.7 Å². The highest BCUT2D eigenvalue weighted by molar-refractivity contribution is 6.43. The smallest absolute Gasteiger partial charge is 0.252 e. The van der Waals surface area contributed by atoms with Crippen molar-refractivity contribution in [1.29, 1.82) is 0 Å². The van der Waals surface area contributed by atoms with Crippen molar-refractivity contribution in [3.05, 3.63) is 45.9 Å². The molecule has 27 heavy (non-hydrogen) atoms. The van der Waals surface area contributed by atoms with Gasteiger partial charge in [-0.15, -0.1) is 0 Å². The molecule has 0 spiro atoms. The molecule has 7 nitrogen and oxygen atoms in total. The number of phenols is 3. The van der Waals surface area contributed by atoms with Crippen molar-refractivity contribution in [1.82, 2.24) is 10.2 Å². The van der Waals surface area contributed by atoms with Crippen molar-refractivity contribution < 1.29 is 20.1 Å². The highest BCUT2D eigenvalue weighted by Crippen LogP contribution is 2.35. The molecule has 0 atom stereocenters. The van der Waals surface area contributed by atoms with Crippen molar-refractivity contribution in [2.24, 2.45) is 0 Å². The summed E-state index contributed by atoms with van der Waals surface area (Å²) >= 11 is 12.3. The second-order valence-corrected chi connectivity index (χ2v) is 6.99. The van der Waals surface area contributed by atoms with Gasteiger partial charge in [-0.3, -0.25) is 9.69 Å². The van der Waals surface area contributed by atoms with Crippen LogP contribution in [0.15, 0.2) is 30.3 Å². The van der Waals surface area contributed by atoms with Crippen LogP contribution in [0.5, 0.6) is 17.2 Å². The Morgan fingerprint density at radius 2 is 1.67 bits per heavy atom. The molecule has 0 radical (unpaired) electrons. The SMILES string of the molecule is O=C(NCN1CCN(c2cccc(Cl)c2Cl)CC1)c1cc(O)c(O)c(O)c1. The van der Waals surface area contributed by atoms with Crippen LogP contribution in [-0.4, -0.2) is 59.0 Å². The Morgan fingerprint density at radius 3 is 2.30 bits per heavy atom. The topological polar surface area (TPSA) is 96.3 Å². The lowest BCUT2D eigenvalue weighted by molar-refractivity contribution is 0.0919. The molecule has 1 saturated heterocycles. The summed E-state index contributed by atoms with van der Waals surface area (Å²) in [7, 11) is 0. The van der Waals surface area contributed by atoms with E-state index >= 15 is 0 Å². The summed E-state index contributed by atoms with van der Waals surface area (Å²) in [6.45, 7) is 3.22. The fourth-order valence-corrected chi connectivity index (χ4v) is 3.32. The quantitative estimate of drug-likeness (QED) is 0.577. The third-order valence-corrected chi connectivity index (χ3v) is 5.25. The summed E-state index contributed by atoms with van der Waals surface area (Å²) in [5, 5.41) is 32.1. The van der Waals surface area contributed by atoms with E-state index in [1.54, 1.807) is 6.07 Å². The minimum absolute atomic E-state index is 0.0622. The maximum absolute atomic E-state index is 12.2. The molecule has 0 aliphatic carbocycles. The molecule has 144 valence electrons. The van der Waals surface area contributed by atoms with Crippen molar-refractivity contribution in [3.8, 4) is 17.2 Å². The van der Waals surface area contributed by atoms with E-state index in [0.29, 0.717) is 16.7 Å². The molecule has 3 rings (SSSR count). The highest BCUT2D eigenvalue weighted by atomic mass is 35.5. The average Bonchev–Trinajstić information content (AvgIpc) is 2.66. The summed E-state index contributed by atoms with van der Waals surface area (Å²) in [5.41, 5.74) is 0.954. The van der Waals surface area contributed by atoms with Gasteiger partial charge in [0.2, 0.25) is 0 Å². The van der Waals surface area contributed by atoms with E-state index in [1.807, 2.05) is 12.1 Å². The van der Waals surface area contributed by atoms with Gasteiger partial charge in [-0.1, -0.05) is 29.3 Å². The van der Waals surface area contributed by atoms with E-state index in [2.05, 4.69) is 15.1 Å². The van der Waals surface area contributed by atoms with Crippen molar-refractivity contribution >= 4 is 34.8 Å². The van der Waals surface area contributed by atoms with Crippen LogP contribution in [0.4, 0.5) is 5.69 Å². The van der Waals surface area contributed by atoms with E-state index < -0.39 is 23.2 Å². The van der Waals surface area contributed by atoms with Crippen LogP contribution in [0.1, 0.15) is 10.4 Å². The zero-order valence-corrected chi connectivity index (χ0v) is 15.8. The number of nitrogens with one attached hydrogen (secondary N) is 1. The molecular weight excluding hydrogens is 393 g/mol. The van der Waals surface area contributed by atoms with E-state index in [9.17, 15) is 20.1 Å². The second-order valence-electron chi connectivity index (χ2n) is 6.21. The molecule has 0 unspecified atom stereocenters. The number of benzene rings is 2. The molecule has 1 aliphatic rings. The van der Waals surface area contributed by atoms with Gasteiger partial charge in [-0.05, 0) is 24.3 Å². The summed E-state index contributed by atoms with van der Waals surface area (Å²) < 4.78 is 0. The van der Waals surface area contributed by atoms with Gasteiger partial charge in [0.05, 0.1) is 22.4 Å². The lowest BCUT2D eigenvalue weighted by atomic mass is 10.1. The number of hydrogen-bond acceptors (Lipinski definition) is 6. The number of amides is 1. The molecular formula is C18H19Cl2N3O4. The van der Waals surface area contributed by atoms with E-state index in [4.69, 9.17) is 23.2 Å². The monoisotopic (exact) mass is 411 g/mol. The molecule has 1 fully saturated rings. The third-order valence-electron chi connectivity index (χ3n) is 4.44. The first kappa shape index (κ1) is 19.4. The van der Waals surface area contributed by atoms with Gasteiger partial charge in [-0.25, -0.2) is 0 Å². The molecule has 2 aromatic rings. The van der Waals surface area contributed by atoms with Gasteiger partial charge in [-0.2, -0.15) is 0 Å². The van der Waals surface area contributed by atoms with Gasteiger partial charge in [0, 0.05) is 31.7 Å². The second kappa shape index (κ2) is 8.12. The molecule has 0 aromatic heterocycles. The molecule has 1 heterocycles. The fraction of sp³-hybridized carbons (Fsp3) is 0.278. The number of halogens is 2. The maximum Gasteiger partial charge on any atom is 0.252 e. The van der Waals surface area contributed by atoms with Crippen molar-refractivity contribution in [3.63, 3.8) is 0 Å². The Bertz CT molecular complexity index is 831. The predicted molar refractivity (Wildman–Crippen MR) is 104 cm³/mol. The van der Waals surface area contributed by atoms with Gasteiger partial charge in [0.25, 0.3) is 5.91 Å². The standard InChI is InChI=1S/C18H19Cl2N3O4/c19-12-2-1-3-13(16(12)20)23-6-4-22(5-7-23)10-21-18(27)11-8-14(24)17(26)15(25)9-11/h1-3,8-9,24-26H,4-7,10H2,(H,21,27). The lowest BCUT2D eigenvalue weighted by Crippen LogP contribution is -2.50. The van der Waals surface area contributed by atoms with Gasteiger partial charge < -0.3 is 25.5 Å². The van der Waals surface area contributed by atoms with Crippen LogP contribution in [-0.2, 0) is 0 Å². The molecule has 0 saturated carbocycles. The zero-order chi connectivity index (χ0) is 19.6. The number of piperazine rings is 1. The summed E-state index contributed by atoms with van der Waals surface area (Å²) in [4.78, 5) is 16.4. The van der Waals surface area contributed by atoms with Crippen LogP contribution in [0.25, 0.3) is 0 Å². The number of anilines is 1. The number of carbonyl (C=O) groups excluding carboxylic acids is 1. The number of carbonyl (C=O) groups is 1. The minimum atomic E-state index is -0.651. The van der Waals surface area contributed by atoms with Gasteiger partial charge in [0.1, 0.15) is 0 Å².